The molecule has 84 valence electrons. The van der Waals surface area contributed by atoms with Gasteiger partial charge < -0.3 is 5.11 Å². The maximum atomic E-state index is 12.5. The Morgan fingerprint density at radius 3 is 2.20 bits per heavy atom. The van der Waals surface area contributed by atoms with Crippen molar-refractivity contribution in [3.05, 3.63) is 11.6 Å². The van der Waals surface area contributed by atoms with Gasteiger partial charge in [0.15, 0.2) is 5.78 Å². The van der Waals surface area contributed by atoms with E-state index in [0.717, 1.165) is 0 Å². The standard InChI is InChI=1S/C10H11F3O2/c11-10(12,13)8(9(15)3-4-9)5-7(14)6-1-2-6/h5-6,15H,1-4H2/b8-5-. The number of allylic oxidation sites excluding steroid dienone is 1. The summed E-state index contributed by atoms with van der Waals surface area (Å²) in [7, 11) is 0. The zero-order valence-corrected chi connectivity index (χ0v) is 7.97. The summed E-state index contributed by atoms with van der Waals surface area (Å²) in [6, 6.07) is 0. The van der Waals surface area contributed by atoms with Crippen LogP contribution in [0.15, 0.2) is 11.6 Å². The summed E-state index contributed by atoms with van der Waals surface area (Å²) in [6.45, 7) is 0. The molecule has 0 aromatic carbocycles. The number of hydrogen-bond acceptors (Lipinski definition) is 2. The van der Waals surface area contributed by atoms with E-state index in [2.05, 4.69) is 0 Å². The molecule has 0 atom stereocenters. The maximum Gasteiger partial charge on any atom is 0.415 e. The van der Waals surface area contributed by atoms with Gasteiger partial charge in [-0.05, 0) is 31.8 Å². The summed E-state index contributed by atoms with van der Waals surface area (Å²) in [6.07, 6.45) is -2.48. The van der Waals surface area contributed by atoms with Crippen molar-refractivity contribution in [2.45, 2.75) is 37.5 Å². The molecule has 0 amide bonds. The average molecular weight is 220 g/mol. The lowest BCUT2D eigenvalue weighted by atomic mass is 10.0. The van der Waals surface area contributed by atoms with Gasteiger partial charge in [0.05, 0.1) is 11.2 Å². The Morgan fingerprint density at radius 1 is 1.33 bits per heavy atom. The molecule has 1 N–H and O–H groups in total. The van der Waals surface area contributed by atoms with Crippen LogP contribution in [0.25, 0.3) is 0 Å². The molecule has 0 bridgehead atoms. The summed E-state index contributed by atoms with van der Waals surface area (Å²) < 4.78 is 37.6. The SMILES string of the molecule is O=C(/C=C(\C(F)(F)F)C1(O)CC1)C1CC1. The first-order valence-corrected chi connectivity index (χ1v) is 4.88. The molecular weight excluding hydrogens is 209 g/mol. The third kappa shape index (κ3) is 2.22. The fourth-order valence-corrected chi connectivity index (χ4v) is 1.50. The first-order valence-electron chi connectivity index (χ1n) is 4.88. The molecule has 15 heavy (non-hydrogen) atoms. The van der Waals surface area contributed by atoms with Crippen molar-refractivity contribution in [3.63, 3.8) is 0 Å². The van der Waals surface area contributed by atoms with Crippen molar-refractivity contribution >= 4 is 5.78 Å². The highest BCUT2D eigenvalue weighted by atomic mass is 19.4. The van der Waals surface area contributed by atoms with E-state index < -0.39 is 23.1 Å². The fraction of sp³-hybridized carbons (Fsp3) is 0.700. The molecule has 0 radical (unpaired) electrons. The van der Waals surface area contributed by atoms with Crippen molar-refractivity contribution in [1.29, 1.82) is 0 Å². The number of alkyl halides is 3. The van der Waals surface area contributed by atoms with Gasteiger partial charge in [-0.25, -0.2) is 0 Å². The molecule has 2 saturated carbocycles. The third-order valence-electron chi connectivity index (χ3n) is 2.80. The third-order valence-corrected chi connectivity index (χ3v) is 2.80. The molecule has 2 aliphatic carbocycles. The summed E-state index contributed by atoms with van der Waals surface area (Å²) in [5.41, 5.74) is -2.85. The van der Waals surface area contributed by atoms with Gasteiger partial charge >= 0.3 is 6.18 Å². The monoisotopic (exact) mass is 220 g/mol. The Bertz CT molecular complexity index is 315. The molecule has 0 aliphatic heterocycles. The second-order valence-corrected chi connectivity index (χ2v) is 4.26. The number of ketones is 1. The first-order chi connectivity index (χ1) is 6.83. The number of hydrogen-bond donors (Lipinski definition) is 1. The molecule has 2 fully saturated rings. The number of aliphatic hydroxyl groups is 1. The molecule has 5 heteroatoms. The summed E-state index contributed by atoms with van der Waals surface area (Å²) in [4.78, 5) is 11.2. The van der Waals surface area contributed by atoms with E-state index >= 15 is 0 Å². The van der Waals surface area contributed by atoms with Gasteiger partial charge in [0, 0.05) is 5.92 Å². The number of rotatable bonds is 3. The van der Waals surface area contributed by atoms with Crippen LogP contribution in [0, 0.1) is 5.92 Å². The van der Waals surface area contributed by atoms with Crippen molar-refractivity contribution in [2.75, 3.05) is 0 Å². The molecule has 2 aliphatic rings. The molecular formula is C10H11F3O2. The van der Waals surface area contributed by atoms with Crippen LogP contribution in [-0.4, -0.2) is 22.7 Å². The van der Waals surface area contributed by atoms with Crippen LogP contribution in [0.2, 0.25) is 0 Å². The molecule has 0 unspecified atom stereocenters. The minimum absolute atomic E-state index is 0.0935. The van der Waals surface area contributed by atoms with Crippen molar-refractivity contribution in [2.24, 2.45) is 5.92 Å². The quantitative estimate of drug-likeness (QED) is 0.738. The van der Waals surface area contributed by atoms with Gasteiger partial charge in [0.2, 0.25) is 0 Å². The molecule has 0 heterocycles. The largest absolute Gasteiger partial charge is 0.415 e. The zero-order valence-electron chi connectivity index (χ0n) is 7.97. The minimum Gasteiger partial charge on any atom is -0.385 e. The maximum absolute atomic E-state index is 12.5. The van der Waals surface area contributed by atoms with E-state index in [1.54, 1.807) is 0 Å². The van der Waals surface area contributed by atoms with E-state index in [1.807, 2.05) is 0 Å². The predicted octanol–water partition coefficient (Wildman–Crippen LogP) is 1.98. The smallest absolute Gasteiger partial charge is 0.385 e. The molecule has 2 nitrogen and oxygen atoms in total. The Hall–Kier alpha value is -0.840. The summed E-state index contributed by atoms with van der Waals surface area (Å²) >= 11 is 0. The van der Waals surface area contributed by atoms with Gasteiger partial charge in [0.25, 0.3) is 0 Å². The van der Waals surface area contributed by atoms with Crippen LogP contribution in [0.3, 0.4) is 0 Å². The van der Waals surface area contributed by atoms with Crippen LogP contribution in [-0.2, 0) is 4.79 Å². The van der Waals surface area contributed by atoms with E-state index in [0.29, 0.717) is 18.9 Å². The van der Waals surface area contributed by atoms with Crippen molar-refractivity contribution < 1.29 is 23.1 Å². The average Bonchev–Trinajstić information content (AvgIpc) is 2.90. The number of carbonyl (C=O) groups is 1. The van der Waals surface area contributed by atoms with Gasteiger partial charge in [0.1, 0.15) is 0 Å². The molecule has 2 rings (SSSR count). The highest BCUT2D eigenvalue weighted by molar-refractivity contribution is 5.94. The molecule has 0 spiro atoms. The van der Waals surface area contributed by atoms with Gasteiger partial charge in [-0.1, -0.05) is 0 Å². The van der Waals surface area contributed by atoms with Crippen molar-refractivity contribution in [3.8, 4) is 0 Å². The second kappa shape index (κ2) is 3.07. The van der Waals surface area contributed by atoms with E-state index in [9.17, 15) is 23.1 Å². The summed E-state index contributed by atoms with van der Waals surface area (Å²) in [5.74, 6) is -0.743. The van der Waals surface area contributed by atoms with E-state index in [4.69, 9.17) is 0 Å². The van der Waals surface area contributed by atoms with Crippen LogP contribution in [0.5, 0.6) is 0 Å². The molecule has 0 aromatic heterocycles. The Labute approximate surface area is 84.8 Å². The lowest BCUT2D eigenvalue weighted by Gasteiger charge is -2.16. The van der Waals surface area contributed by atoms with Crippen LogP contribution in [0.1, 0.15) is 25.7 Å². The molecule has 0 saturated heterocycles. The minimum atomic E-state index is -4.60. The number of halogens is 3. The van der Waals surface area contributed by atoms with E-state index in [-0.39, 0.29) is 18.8 Å². The van der Waals surface area contributed by atoms with Gasteiger partial charge in [-0.15, -0.1) is 0 Å². The highest BCUT2D eigenvalue weighted by Crippen LogP contribution is 2.49. The first kappa shape index (κ1) is 10.7. The van der Waals surface area contributed by atoms with Crippen molar-refractivity contribution in [1.82, 2.24) is 0 Å². The Balaban J connectivity index is 2.21. The van der Waals surface area contributed by atoms with Crippen LogP contribution in [0.4, 0.5) is 13.2 Å². The lowest BCUT2D eigenvalue weighted by molar-refractivity contribution is -0.120. The van der Waals surface area contributed by atoms with Crippen LogP contribution >= 0.6 is 0 Å². The normalized spacial score (nSPS) is 25.2. The molecule has 0 aromatic rings. The van der Waals surface area contributed by atoms with Gasteiger partial charge in [-0.2, -0.15) is 13.2 Å². The zero-order chi connectivity index (χ0) is 11.3. The number of carbonyl (C=O) groups excluding carboxylic acids is 1. The van der Waals surface area contributed by atoms with Crippen LogP contribution < -0.4 is 0 Å². The summed E-state index contributed by atoms with van der Waals surface area (Å²) in [5, 5.41) is 9.43. The Kier molecular flexibility index (Phi) is 2.19. The Morgan fingerprint density at radius 2 is 1.87 bits per heavy atom. The lowest BCUT2D eigenvalue weighted by Crippen LogP contribution is -2.26. The highest BCUT2D eigenvalue weighted by Gasteiger charge is 2.55. The van der Waals surface area contributed by atoms with Gasteiger partial charge in [-0.3, -0.25) is 4.79 Å². The topological polar surface area (TPSA) is 37.3 Å². The van der Waals surface area contributed by atoms with E-state index in [1.165, 1.54) is 0 Å². The fourth-order valence-electron chi connectivity index (χ4n) is 1.50. The second-order valence-electron chi connectivity index (χ2n) is 4.26. The predicted molar refractivity (Wildman–Crippen MR) is 46.1 cm³/mol.